The van der Waals surface area contributed by atoms with E-state index in [1.807, 2.05) is 24.5 Å². The lowest BCUT2D eigenvalue weighted by Gasteiger charge is -2.27. The Morgan fingerprint density at radius 3 is 3.05 bits per heavy atom. The monoisotopic (exact) mass is 277 g/mol. The Kier molecular flexibility index (Phi) is 3.50. The molecule has 2 aromatic heterocycles. The Bertz CT molecular complexity index is 576. The number of nitrogens with zero attached hydrogens (tertiary/aromatic N) is 3. The first-order valence-electron chi connectivity index (χ1n) is 7.02. The molecule has 3 rings (SSSR count). The average molecular weight is 278 g/mol. The molecule has 4 heteroatoms. The van der Waals surface area contributed by atoms with Crippen molar-refractivity contribution in [3.8, 4) is 0 Å². The van der Waals surface area contributed by atoms with Crippen LogP contribution in [0, 0.1) is 0 Å². The van der Waals surface area contributed by atoms with Crippen LogP contribution < -0.4 is 0 Å². The fourth-order valence-electron chi connectivity index (χ4n) is 3.14. The molecule has 1 saturated heterocycles. The number of likely N-dealkylation sites (tertiary alicyclic amines) is 1. The lowest BCUT2D eigenvalue weighted by molar-refractivity contribution is 0.201. The van der Waals surface area contributed by atoms with Crippen LogP contribution in [0.3, 0.4) is 0 Å². The second kappa shape index (κ2) is 5.14. The summed E-state index contributed by atoms with van der Waals surface area (Å²) in [6, 6.07) is 5.17. The average Bonchev–Trinajstić information content (AvgIpc) is 2.97. The molecule has 1 unspecified atom stereocenters. The molecule has 0 amide bonds. The third kappa shape index (κ3) is 2.49. The maximum atomic E-state index is 6.08. The van der Waals surface area contributed by atoms with E-state index in [4.69, 9.17) is 11.6 Å². The van der Waals surface area contributed by atoms with Crippen LogP contribution in [-0.4, -0.2) is 32.9 Å². The third-order valence-corrected chi connectivity index (χ3v) is 4.30. The van der Waals surface area contributed by atoms with Gasteiger partial charge in [0.15, 0.2) is 0 Å². The topological polar surface area (TPSA) is 20.5 Å². The highest BCUT2D eigenvalue weighted by Gasteiger charge is 2.27. The first-order chi connectivity index (χ1) is 9.15. The molecule has 0 aromatic carbocycles. The van der Waals surface area contributed by atoms with E-state index in [1.54, 1.807) is 0 Å². The van der Waals surface area contributed by atoms with Crippen LogP contribution >= 0.6 is 11.6 Å². The van der Waals surface area contributed by atoms with Gasteiger partial charge in [-0.1, -0.05) is 11.6 Å². The van der Waals surface area contributed by atoms with Crippen molar-refractivity contribution in [1.82, 2.24) is 14.3 Å². The second-order valence-electron chi connectivity index (χ2n) is 5.65. The summed E-state index contributed by atoms with van der Waals surface area (Å²) in [6.07, 6.45) is 7.47. The van der Waals surface area contributed by atoms with Gasteiger partial charge in [-0.3, -0.25) is 4.90 Å². The highest BCUT2D eigenvalue weighted by atomic mass is 35.5. The number of pyridine rings is 1. The van der Waals surface area contributed by atoms with Crippen LogP contribution in [0.25, 0.3) is 5.52 Å². The lowest BCUT2D eigenvalue weighted by Crippen LogP contribution is -2.37. The molecule has 0 N–H and O–H groups in total. The molecular formula is C15H20ClN3. The highest BCUT2D eigenvalue weighted by molar-refractivity contribution is 6.30. The van der Waals surface area contributed by atoms with E-state index in [0.29, 0.717) is 12.1 Å². The molecule has 1 aliphatic rings. The van der Waals surface area contributed by atoms with E-state index in [9.17, 15) is 0 Å². The second-order valence-corrected chi connectivity index (χ2v) is 6.08. The number of hydrogen-bond donors (Lipinski definition) is 0. The molecular weight excluding hydrogens is 258 g/mol. The molecule has 102 valence electrons. The number of rotatable bonds is 3. The summed E-state index contributed by atoms with van der Waals surface area (Å²) in [5, 5.41) is 0.763. The highest BCUT2D eigenvalue weighted by Crippen LogP contribution is 2.23. The van der Waals surface area contributed by atoms with Crippen molar-refractivity contribution in [2.75, 3.05) is 6.54 Å². The van der Waals surface area contributed by atoms with Crippen molar-refractivity contribution in [2.24, 2.45) is 0 Å². The molecule has 1 atom stereocenters. The number of hydrogen-bond acceptors (Lipinski definition) is 2. The van der Waals surface area contributed by atoms with E-state index >= 15 is 0 Å². The van der Waals surface area contributed by atoms with Gasteiger partial charge < -0.3 is 4.40 Å². The SMILES string of the molecule is CC(C)N1CCCC1Cc1ncc2ccc(Cl)cn12. The van der Waals surface area contributed by atoms with Gasteiger partial charge in [-0.15, -0.1) is 0 Å². The zero-order valence-corrected chi connectivity index (χ0v) is 12.3. The largest absolute Gasteiger partial charge is 0.302 e. The van der Waals surface area contributed by atoms with Crippen LogP contribution in [0.1, 0.15) is 32.5 Å². The summed E-state index contributed by atoms with van der Waals surface area (Å²) >= 11 is 6.08. The molecule has 3 heterocycles. The molecule has 0 spiro atoms. The minimum atomic E-state index is 0.613. The Hall–Kier alpha value is -1.06. The molecule has 3 nitrogen and oxygen atoms in total. The minimum Gasteiger partial charge on any atom is -0.302 e. The van der Waals surface area contributed by atoms with Crippen molar-refractivity contribution in [2.45, 2.75) is 45.2 Å². The molecule has 1 aliphatic heterocycles. The number of halogens is 1. The van der Waals surface area contributed by atoms with Crippen LogP contribution in [-0.2, 0) is 6.42 Å². The lowest BCUT2D eigenvalue weighted by atomic mass is 10.1. The van der Waals surface area contributed by atoms with E-state index in [0.717, 1.165) is 22.8 Å². The van der Waals surface area contributed by atoms with E-state index in [1.165, 1.54) is 19.4 Å². The van der Waals surface area contributed by atoms with Crippen molar-refractivity contribution < 1.29 is 0 Å². The Balaban J connectivity index is 1.87. The van der Waals surface area contributed by atoms with Crippen LogP contribution in [0.2, 0.25) is 5.02 Å². The normalized spacial score (nSPS) is 20.7. The predicted octanol–water partition coefficient (Wildman–Crippen LogP) is 3.40. The fourth-order valence-corrected chi connectivity index (χ4v) is 3.30. The zero-order chi connectivity index (χ0) is 13.4. The van der Waals surface area contributed by atoms with Gasteiger partial charge in [0.25, 0.3) is 0 Å². The van der Waals surface area contributed by atoms with Gasteiger partial charge in [0.2, 0.25) is 0 Å². The molecule has 0 aliphatic carbocycles. The first kappa shape index (κ1) is 12.9. The number of imidazole rings is 1. The molecule has 19 heavy (non-hydrogen) atoms. The number of fused-ring (bicyclic) bond motifs is 1. The fraction of sp³-hybridized carbons (Fsp3) is 0.533. The molecule has 1 fully saturated rings. The van der Waals surface area contributed by atoms with Crippen molar-refractivity contribution in [3.63, 3.8) is 0 Å². The van der Waals surface area contributed by atoms with Crippen LogP contribution in [0.5, 0.6) is 0 Å². The van der Waals surface area contributed by atoms with Gasteiger partial charge in [-0.25, -0.2) is 4.98 Å². The van der Waals surface area contributed by atoms with E-state index < -0.39 is 0 Å². The Morgan fingerprint density at radius 1 is 1.42 bits per heavy atom. The molecule has 2 aromatic rings. The molecule has 0 bridgehead atoms. The van der Waals surface area contributed by atoms with Gasteiger partial charge in [0.1, 0.15) is 5.82 Å². The zero-order valence-electron chi connectivity index (χ0n) is 11.5. The number of aromatic nitrogens is 2. The Labute approximate surface area is 119 Å². The molecule has 0 saturated carbocycles. The summed E-state index contributed by atoms with van der Waals surface area (Å²) in [6.45, 7) is 5.77. The van der Waals surface area contributed by atoms with Gasteiger partial charge in [-0.2, -0.15) is 0 Å². The van der Waals surface area contributed by atoms with Crippen molar-refractivity contribution in [1.29, 1.82) is 0 Å². The van der Waals surface area contributed by atoms with Crippen molar-refractivity contribution in [3.05, 3.63) is 35.4 Å². The predicted molar refractivity (Wildman–Crippen MR) is 78.8 cm³/mol. The Morgan fingerprint density at radius 2 is 2.26 bits per heavy atom. The van der Waals surface area contributed by atoms with Crippen LogP contribution in [0.15, 0.2) is 24.5 Å². The first-order valence-corrected chi connectivity index (χ1v) is 7.40. The maximum absolute atomic E-state index is 6.08. The van der Waals surface area contributed by atoms with Gasteiger partial charge in [-0.05, 0) is 45.4 Å². The molecule has 0 radical (unpaired) electrons. The summed E-state index contributed by atoms with van der Waals surface area (Å²) < 4.78 is 2.12. The third-order valence-electron chi connectivity index (χ3n) is 4.07. The van der Waals surface area contributed by atoms with Crippen LogP contribution in [0.4, 0.5) is 0 Å². The standard InChI is InChI=1S/C15H20ClN3/c1-11(2)18-7-3-4-13(18)8-15-17-9-14-6-5-12(16)10-19(14)15/h5-6,9-11,13H,3-4,7-8H2,1-2H3. The summed E-state index contributed by atoms with van der Waals surface area (Å²) in [7, 11) is 0. The minimum absolute atomic E-state index is 0.613. The summed E-state index contributed by atoms with van der Waals surface area (Å²) in [5.41, 5.74) is 1.12. The smallest absolute Gasteiger partial charge is 0.114 e. The maximum Gasteiger partial charge on any atom is 0.114 e. The quantitative estimate of drug-likeness (QED) is 0.857. The summed E-state index contributed by atoms with van der Waals surface area (Å²) in [4.78, 5) is 7.16. The van der Waals surface area contributed by atoms with Gasteiger partial charge in [0.05, 0.1) is 16.7 Å². The van der Waals surface area contributed by atoms with E-state index in [-0.39, 0.29) is 0 Å². The van der Waals surface area contributed by atoms with Crippen molar-refractivity contribution >= 4 is 17.1 Å². The van der Waals surface area contributed by atoms with Gasteiger partial charge >= 0.3 is 0 Å². The summed E-state index contributed by atoms with van der Waals surface area (Å²) in [5.74, 6) is 1.12. The van der Waals surface area contributed by atoms with Gasteiger partial charge in [0, 0.05) is 24.7 Å². The van der Waals surface area contributed by atoms with E-state index in [2.05, 4.69) is 28.1 Å².